The molecule has 0 unspecified atom stereocenters. The Labute approximate surface area is 197 Å². The molecule has 0 fully saturated rings. The molecule has 0 radical (unpaired) electrons. The number of nitrogens with zero attached hydrogens (tertiary/aromatic N) is 1. The van der Waals surface area contributed by atoms with Crippen molar-refractivity contribution in [2.24, 2.45) is 0 Å². The molecule has 3 rings (SSSR count). The van der Waals surface area contributed by atoms with Crippen molar-refractivity contribution in [1.82, 2.24) is 9.29 Å². The Hall–Kier alpha value is -3.24. The number of hydrogen-bond donors (Lipinski definition) is 1. The van der Waals surface area contributed by atoms with Crippen LogP contribution in [-0.4, -0.2) is 37.4 Å². The molecule has 3 aromatic rings. The first-order valence-electron chi connectivity index (χ1n) is 10.5. The largest absolute Gasteiger partial charge is 0.497 e. The van der Waals surface area contributed by atoms with E-state index < -0.39 is 32.5 Å². The summed E-state index contributed by atoms with van der Waals surface area (Å²) in [6.07, 6.45) is 0. The van der Waals surface area contributed by atoms with Crippen LogP contribution in [0.25, 0.3) is 0 Å². The molecule has 0 atom stereocenters. The van der Waals surface area contributed by atoms with Gasteiger partial charge in [-0.15, -0.1) is 0 Å². The minimum atomic E-state index is -4.47. The first-order chi connectivity index (χ1) is 16.1. The highest BCUT2D eigenvalue weighted by Crippen LogP contribution is 2.27. The van der Waals surface area contributed by atoms with Crippen LogP contribution in [0.15, 0.2) is 47.4 Å². The van der Waals surface area contributed by atoms with Gasteiger partial charge in [-0.1, -0.05) is 12.1 Å². The number of rotatable bonds is 9. The van der Waals surface area contributed by atoms with E-state index in [0.29, 0.717) is 34.2 Å². The van der Waals surface area contributed by atoms with Gasteiger partial charge in [0.15, 0.2) is 0 Å². The van der Waals surface area contributed by atoms with Gasteiger partial charge in [-0.3, -0.25) is 0 Å². The van der Waals surface area contributed by atoms with E-state index in [1.165, 1.54) is 7.11 Å². The third-order valence-corrected chi connectivity index (χ3v) is 7.32. The van der Waals surface area contributed by atoms with Crippen molar-refractivity contribution >= 4 is 16.0 Å². The zero-order valence-electron chi connectivity index (χ0n) is 19.3. The van der Waals surface area contributed by atoms with Crippen LogP contribution >= 0.6 is 0 Å². The number of benzene rings is 2. The summed E-state index contributed by atoms with van der Waals surface area (Å²) in [5, 5.41) is 0. The number of methoxy groups -OCH3 is 1. The molecule has 7 nitrogen and oxygen atoms in total. The molecule has 1 heterocycles. The van der Waals surface area contributed by atoms with Crippen LogP contribution in [0.5, 0.6) is 5.75 Å². The van der Waals surface area contributed by atoms with Gasteiger partial charge >= 0.3 is 5.97 Å². The molecule has 0 aliphatic heterocycles. The lowest BCUT2D eigenvalue weighted by molar-refractivity contribution is 0.0519. The number of carbonyl (C=O) groups is 1. The van der Waals surface area contributed by atoms with Gasteiger partial charge in [0.1, 0.15) is 28.0 Å². The van der Waals surface area contributed by atoms with E-state index in [-0.39, 0.29) is 25.4 Å². The Morgan fingerprint density at radius 2 is 1.71 bits per heavy atom. The molecule has 182 valence electrons. The lowest BCUT2D eigenvalue weighted by atomic mass is 10.1. The lowest BCUT2D eigenvalue weighted by Gasteiger charge is -2.23. The molecule has 0 saturated heterocycles. The molecule has 10 heteroatoms. The molecule has 2 aromatic carbocycles. The molecule has 0 saturated carbocycles. The van der Waals surface area contributed by atoms with E-state index in [2.05, 4.69) is 4.98 Å². The standard InChI is InChI=1S/C24H26F2N2O5S/c1-5-33-24(29)23-16(3)15(2)21(27-23)14-28(13-17-6-9-19(32-4)10-7-17)34(30,31)22-12-18(25)8-11-20(22)26/h6-12,27H,5,13-14H2,1-4H3. The van der Waals surface area contributed by atoms with Crippen molar-refractivity contribution in [3.8, 4) is 5.75 Å². The normalized spacial score (nSPS) is 11.6. The van der Waals surface area contributed by atoms with Crippen molar-refractivity contribution in [3.63, 3.8) is 0 Å². The number of ether oxygens (including phenoxy) is 2. The molecule has 34 heavy (non-hydrogen) atoms. The molecule has 0 bridgehead atoms. The van der Waals surface area contributed by atoms with Crippen LogP contribution in [0.2, 0.25) is 0 Å². The maximum atomic E-state index is 14.5. The quantitative estimate of drug-likeness (QED) is 0.445. The summed E-state index contributed by atoms with van der Waals surface area (Å²) < 4.78 is 66.5. The second kappa shape index (κ2) is 10.4. The number of halogens is 2. The predicted octanol–water partition coefficient (Wildman–Crippen LogP) is 4.49. The number of nitrogens with one attached hydrogen (secondary N) is 1. The van der Waals surface area contributed by atoms with Crippen molar-refractivity contribution in [2.45, 2.75) is 38.8 Å². The van der Waals surface area contributed by atoms with Crippen molar-refractivity contribution < 1.29 is 31.5 Å². The second-order valence-corrected chi connectivity index (χ2v) is 9.55. The highest BCUT2D eigenvalue weighted by atomic mass is 32.2. The molecule has 0 amide bonds. The van der Waals surface area contributed by atoms with Crippen LogP contribution in [0.4, 0.5) is 8.78 Å². The Morgan fingerprint density at radius 1 is 1.03 bits per heavy atom. The number of hydrogen-bond acceptors (Lipinski definition) is 5. The average Bonchev–Trinajstić information content (AvgIpc) is 3.09. The van der Waals surface area contributed by atoms with Crippen molar-refractivity contribution in [3.05, 3.63) is 82.2 Å². The topological polar surface area (TPSA) is 88.7 Å². The van der Waals surface area contributed by atoms with E-state index in [1.54, 1.807) is 45.0 Å². The Balaban J connectivity index is 2.06. The average molecular weight is 493 g/mol. The van der Waals surface area contributed by atoms with Gasteiger partial charge in [-0.25, -0.2) is 22.0 Å². The zero-order chi connectivity index (χ0) is 25.0. The Kier molecular flexibility index (Phi) is 7.73. The molecule has 0 spiro atoms. The Bertz CT molecular complexity index is 1290. The first-order valence-corrected chi connectivity index (χ1v) is 12.0. The summed E-state index contributed by atoms with van der Waals surface area (Å²) in [6.45, 7) is 4.98. The molecule has 1 aromatic heterocycles. The summed E-state index contributed by atoms with van der Waals surface area (Å²) >= 11 is 0. The van der Waals surface area contributed by atoms with E-state index in [9.17, 15) is 22.0 Å². The minimum Gasteiger partial charge on any atom is -0.497 e. The number of sulfonamides is 1. The monoisotopic (exact) mass is 492 g/mol. The van der Waals surface area contributed by atoms with E-state index in [0.717, 1.165) is 16.4 Å². The summed E-state index contributed by atoms with van der Waals surface area (Å²) in [5.41, 5.74) is 2.54. The fourth-order valence-electron chi connectivity index (χ4n) is 3.47. The summed E-state index contributed by atoms with van der Waals surface area (Å²) in [5.74, 6) is -1.91. The molecular formula is C24H26F2N2O5S. The number of H-pyrrole nitrogens is 1. The number of esters is 1. The van der Waals surface area contributed by atoms with Crippen LogP contribution in [-0.2, 0) is 27.8 Å². The summed E-state index contributed by atoms with van der Waals surface area (Å²) in [7, 11) is -2.96. The SMILES string of the molecule is CCOC(=O)c1[nH]c(CN(Cc2ccc(OC)cc2)S(=O)(=O)c2cc(F)ccc2F)c(C)c1C. The summed E-state index contributed by atoms with van der Waals surface area (Å²) in [4.78, 5) is 14.5. The van der Waals surface area contributed by atoms with Crippen LogP contribution in [0.3, 0.4) is 0 Å². The van der Waals surface area contributed by atoms with Gasteiger partial charge in [-0.05, 0) is 67.8 Å². The van der Waals surface area contributed by atoms with Gasteiger partial charge in [0.2, 0.25) is 10.0 Å². The number of aromatic amines is 1. The minimum absolute atomic E-state index is 0.130. The number of aromatic nitrogens is 1. The zero-order valence-corrected chi connectivity index (χ0v) is 20.1. The Morgan fingerprint density at radius 3 is 2.32 bits per heavy atom. The van der Waals surface area contributed by atoms with E-state index in [1.807, 2.05) is 0 Å². The van der Waals surface area contributed by atoms with Gasteiger partial charge in [0.25, 0.3) is 0 Å². The van der Waals surface area contributed by atoms with Gasteiger partial charge in [-0.2, -0.15) is 4.31 Å². The molecular weight excluding hydrogens is 466 g/mol. The van der Waals surface area contributed by atoms with Crippen LogP contribution in [0.1, 0.15) is 39.8 Å². The summed E-state index contributed by atoms with van der Waals surface area (Å²) in [6, 6.07) is 8.99. The smallest absolute Gasteiger partial charge is 0.355 e. The van der Waals surface area contributed by atoms with Gasteiger partial charge in [0, 0.05) is 12.2 Å². The first kappa shape index (κ1) is 25.4. The molecule has 0 aliphatic rings. The fraction of sp³-hybridized carbons (Fsp3) is 0.292. The van der Waals surface area contributed by atoms with E-state index >= 15 is 0 Å². The van der Waals surface area contributed by atoms with Gasteiger partial charge in [0.05, 0.1) is 20.3 Å². The van der Waals surface area contributed by atoms with E-state index in [4.69, 9.17) is 9.47 Å². The third kappa shape index (κ3) is 5.28. The van der Waals surface area contributed by atoms with Crippen molar-refractivity contribution in [2.75, 3.05) is 13.7 Å². The molecule has 0 aliphatic carbocycles. The fourth-order valence-corrected chi connectivity index (χ4v) is 4.94. The third-order valence-electron chi connectivity index (χ3n) is 5.51. The van der Waals surface area contributed by atoms with Crippen LogP contribution < -0.4 is 4.74 Å². The lowest BCUT2D eigenvalue weighted by Crippen LogP contribution is -2.31. The van der Waals surface area contributed by atoms with Crippen molar-refractivity contribution in [1.29, 1.82) is 0 Å². The second-order valence-electron chi connectivity index (χ2n) is 7.64. The van der Waals surface area contributed by atoms with Crippen LogP contribution in [0, 0.1) is 25.5 Å². The molecule has 1 N–H and O–H groups in total. The maximum absolute atomic E-state index is 14.5. The maximum Gasteiger partial charge on any atom is 0.355 e. The predicted molar refractivity (Wildman–Crippen MR) is 122 cm³/mol. The highest BCUT2D eigenvalue weighted by molar-refractivity contribution is 7.89. The highest BCUT2D eigenvalue weighted by Gasteiger charge is 2.30. The number of carbonyl (C=O) groups excluding carboxylic acids is 1. The van der Waals surface area contributed by atoms with Gasteiger partial charge < -0.3 is 14.5 Å².